The van der Waals surface area contributed by atoms with E-state index < -0.39 is 0 Å². The van der Waals surface area contributed by atoms with Crippen LogP contribution < -0.4 is 4.90 Å². The number of thiazole rings is 1. The fourth-order valence-electron chi connectivity index (χ4n) is 3.41. The molecule has 0 N–H and O–H groups in total. The molecule has 1 amide bonds. The molecule has 0 spiro atoms. The maximum absolute atomic E-state index is 11.9. The van der Waals surface area contributed by atoms with Crippen LogP contribution in [-0.2, 0) is 16.1 Å². The van der Waals surface area contributed by atoms with Gasteiger partial charge in [0.25, 0.3) is 0 Å². The van der Waals surface area contributed by atoms with Gasteiger partial charge in [-0.05, 0) is 38.0 Å². The fraction of sp³-hybridized carbons (Fsp3) is 0.765. The molecule has 1 aliphatic heterocycles. The van der Waals surface area contributed by atoms with E-state index in [1.165, 1.54) is 19.3 Å². The van der Waals surface area contributed by atoms with Gasteiger partial charge in [-0.25, -0.2) is 4.98 Å². The monoisotopic (exact) mass is 335 g/mol. The first kappa shape index (κ1) is 15.5. The second-order valence-corrected chi connectivity index (χ2v) is 7.97. The Balaban J connectivity index is 1.41. The summed E-state index contributed by atoms with van der Waals surface area (Å²) in [5.74, 6) is 0.796. The van der Waals surface area contributed by atoms with Gasteiger partial charge in [0.1, 0.15) is 0 Å². The van der Waals surface area contributed by atoms with E-state index in [0.29, 0.717) is 12.0 Å². The molecule has 2 aliphatic carbocycles. The predicted molar refractivity (Wildman–Crippen MR) is 90.7 cm³/mol. The van der Waals surface area contributed by atoms with Gasteiger partial charge in [0.05, 0.1) is 12.3 Å². The predicted octanol–water partition coefficient (Wildman–Crippen LogP) is 2.66. The smallest absolute Gasteiger partial charge is 0.225 e. The van der Waals surface area contributed by atoms with Gasteiger partial charge in [0.15, 0.2) is 5.13 Å². The molecule has 2 heterocycles. The summed E-state index contributed by atoms with van der Waals surface area (Å²) in [6.45, 7) is 5.50. The van der Waals surface area contributed by atoms with Gasteiger partial charge in [-0.15, -0.1) is 11.3 Å². The lowest BCUT2D eigenvalue weighted by atomic mass is 10.1. The van der Waals surface area contributed by atoms with Crippen LogP contribution in [-0.4, -0.2) is 47.6 Å². The number of ether oxygens (including phenoxy) is 1. The van der Waals surface area contributed by atoms with Gasteiger partial charge < -0.3 is 4.74 Å². The number of aromatic nitrogens is 1. The van der Waals surface area contributed by atoms with Crippen LogP contribution in [0.2, 0.25) is 0 Å². The molecule has 0 aromatic carbocycles. The molecule has 1 unspecified atom stereocenters. The van der Waals surface area contributed by atoms with Crippen LogP contribution in [0.1, 0.15) is 44.7 Å². The number of anilines is 1. The molecular formula is C17H25N3O2S. The third-order valence-corrected chi connectivity index (χ3v) is 5.83. The number of nitrogens with zero attached hydrogens (tertiary/aromatic N) is 3. The number of hydrogen-bond donors (Lipinski definition) is 0. The summed E-state index contributed by atoms with van der Waals surface area (Å²) in [5.41, 5.74) is 1.11. The highest BCUT2D eigenvalue weighted by atomic mass is 32.1. The van der Waals surface area contributed by atoms with E-state index in [9.17, 15) is 4.79 Å². The first-order valence-electron chi connectivity index (χ1n) is 8.76. The summed E-state index contributed by atoms with van der Waals surface area (Å²) in [7, 11) is 0. The van der Waals surface area contributed by atoms with Gasteiger partial charge in [0.2, 0.25) is 5.91 Å². The number of carbonyl (C=O) groups is 1. The number of carbonyl (C=O) groups excluding carboxylic acids is 1. The van der Waals surface area contributed by atoms with Crippen molar-refractivity contribution in [2.75, 3.05) is 24.7 Å². The normalized spacial score (nSPS) is 24.3. The van der Waals surface area contributed by atoms with Crippen LogP contribution in [0.5, 0.6) is 0 Å². The lowest BCUT2D eigenvalue weighted by molar-refractivity contribution is -0.116. The number of hydrogen-bond acceptors (Lipinski definition) is 5. The minimum absolute atomic E-state index is 0.121. The minimum Gasteiger partial charge on any atom is -0.381 e. The average Bonchev–Trinajstić information content (AvgIpc) is 3.43. The van der Waals surface area contributed by atoms with Crippen LogP contribution in [0.3, 0.4) is 0 Å². The molecule has 4 rings (SSSR count). The Labute approximate surface area is 141 Å². The highest BCUT2D eigenvalue weighted by Gasteiger charge is 2.35. The summed E-state index contributed by atoms with van der Waals surface area (Å²) < 4.78 is 5.52. The summed E-state index contributed by atoms with van der Waals surface area (Å²) in [6.07, 6.45) is 6.04. The van der Waals surface area contributed by atoms with E-state index in [-0.39, 0.29) is 5.91 Å². The van der Waals surface area contributed by atoms with Gasteiger partial charge in [-0.1, -0.05) is 0 Å². The average molecular weight is 335 g/mol. The van der Waals surface area contributed by atoms with Crippen LogP contribution in [0.25, 0.3) is 0 Å². The van der Waals surface area contributed by atoms with E-state index in [1.807, 2.05) is 4.90 Å². The van der Waals surface area contributed by atoms with Crippen LogP contribution in [0.15, 0.2) is 5.38 Å². The van der Waals surface area contributed by atoms with E-state index in [0.717, 1.165) is 56.0 Å². The molecule has 1 atom stereocenters. The van der Waals surface area contributed by atoms with Crippen molar-refractivity contribution >= 4 is 22.4 Å². The maximum Gasteiger partial charge on any atom is 0.225 e. The van der Waals surface area contributed by atoms with Crippen molar-refractivity contribution in [1.29, 1.82) is 0 Å². The van der Waals surface area contributed by atoms with E-state index in [4.69, 9.17) is 9.72 Å². The van der Waals surface area contributed by atoms with E-state index >= 15 is 0 Å². The molecular weight excluding hydrogens is 310 g/mol. The van der Waals surface area contributed by atoms with Crippen molar-refractivity contribution in [3.05, 3.63) is 11.1 Å². The molecule has 1 aromatic heterocycles. The first-order valence-corrected chi connectivity index (χ1v) is 9.64. The topological polar surface area (TPSA) is 45.7 Å². The summed E-state index contributed by atoms with van der Waals surface area (Å²) in [5, 5.41) is 3.02. The quantitative estimate of drug-likeness (QED) is 0.768. The third kappa shape index (κ3) is 3.75. The number of rotatable bonds is 7. The third-order valence-electron chi connectivity index (χ3n) is 4.94. The first-order chi connectivity index (χ1) is 11.2. The molecule has 5 nitrogen and oxygen atoms in total. The number of amides is 1. The second kappa shape index (κ2) is 6.49. The van der Waals surface area contributed by atoms with Crippen LogP contribution in [0, 0.1) is 5.92 Å². The largest absolute Gasteiger partial charge is 0.381 e. The van der Waals surface area contributed by atoms with Gasteiger partial charge >= 0.3 is 0 Å². The second-order valence-electron chi connectivity index (χ2n) is 7.13. The Morgan fingerprint density at radius 2 is 2.09 bits per heavy atom. The maximum atomic E-state index is 11.9. The van der Waals surface area contributed by atoms with Crippen LogP contribution >= 0.6 is 11.3 Å². The van der Waals surface area contributed by atoms with Crippen LogP contribution in [0.4, 0.5) is 5.13 Å². The molecule has 0 bridgehead atoms. The SMILES string of the molecule is CC(=O)N(c1nc(CN(CC2CCOC2)C2CC2)cs1)C1CC1. The standard InChI is InChI=1S/C17H25N3O2S/c1-12(21)20(16-4-5-16)17-18-14(11-23-17)9-19(15-2-3-15)8-13-6-7-22-10-13/h11,13,15-16H,2-10H2,1H3. The lowest BCUT2D eigenvalue weighted by Gasteiger charge is -2.24. The fourth-order valence-corrected chi connectivity index (χ4v) is 4.34. The summed E-state index contributed by atoms with van der Waals surface area (Å²) >= 11 is 1.61. The zero-order valence-electron chi connectivity index (χ0n) is 13.7. The van der Waals surface area contributed by atoms with E-state index in [1.54, 1.807) is 18.3 Å². The zero-order chi connectivity index (χ0) is 15.8. The van der Waals surface area contributed by atoms with Crippen molar-refractivity contribution in [2.45, 2.75) is 57.7 Å². The van der Waals surface area contributed by atoms with Gasteiger partial charge in [-0.2, -0.15) is 0 Å². The lowest BCUT2D eigenvalue weighted by Crippen LogP contribution is -2.32. The van der Waals surface area contributed by atoms with Crippen molar-refractivity contribution in [2.24, 2.45) is 5.92 Å². The molecule has 3 aliphatic rings. The van der Waals surface area contributed by atoms with Crippen molar-refractivity contribution in [1.82, 2.24) is 9.88 Å². The molecule has 1 saturated heterocycles. The highest BCUT2D eigenvalue weighted by Crippen LogP contribution is 2.35. The Kier molecular flexibility index (Phi) is 4.39. The zero-order valence-corrected chi connectivity index (χ0v) is 14.6. The van der Waals surface area contributed by atoms with Crippen molar-refractivity contribution in [3.63, 3.8) is 0 Å². The molecule has 1 aromatic rings. The van der Waals surface area contributed by atoms with Gasteiger partial charge in [0, 0.05) is 44.1 Å². The molecule has 126 valence electrons. The molecule has 2 saturated carbocycles. The Hall–Kier alpha value is -0.980. The Morgan fingerprint density at radius 3 is 2.70 bits per heavy atom. The molecule has 0 radical (unpaired) electrons. The summed E-state index contributed by atoms with van der Waals surface area (Å²) in [4.78, 5) is 21.1. The minimum atomic E-state index is 0.121. The molecule has 23 heavy (non-hydrogen) atoms. The molecule has 3 fully saturated rings. The molecule has 6 heteroatoms. The Morgan fingerprint density at radius 1 is 1.30 bits per heavy atom. The van der Waals surface area contributed by atoms with Gasteiger partial charge in [-0.3, -0.25) is 14.6 Å². The highest BCUT2D eigenvalue weighted by molar-refractivity contribution is 7.14. The van der Waals surface area contributed by atoms with Crippen molar-refractivity contribution in [3.8, 4) is 0 Å². The van der Waals surface area contributed by atoms with E-state index in [2.05, 4.69) is 10.3 Å². The summed E-state index contributed by atoms with van der Waals surface area (Å²) in [6, 6.07) is 1.12. The Bertz CT molecular complexity index is 562. The van der Waals surface area contributed by atoms with Crippen molar-refractivity contribution < 1.29 is 9.53 Å².